The zero-order valence-electron chi connectivity index (χ0n) is 6.93. The van der Waals surface area contributed by atoms with Crippen molar-refractivity contribution in [3.05, 3.63) is 11.6 Å². The molecular formula is C9H17N. The third-order valence-corrected chi connectivity index (χ3v) is 2.23. The van der Waals surface area contributed by atoms with Gasteiger partial charge in [0.1, 0.15) is 0 Å². The Morgan fingerprint density at radius 1 is 1.60 bits per heavy atom. The van der Waals surface area contributed by atoms with E-state index in [0.717, 1.165) is 12.3 Å². The first-order valence-electron chi connectivity index (χ1n) is 4.14. The molecule has 0 saturated heterocycles. The van der Waals surface area contributed by atoms with Gasteiger partial charge in [0.15, 0.2) is 0 Å². The Morgan fingerprint density at radius 3 is 2.70 bits per heavy atom. The van der Waals surface area contributed by atoms with E-state index in [-0.39, 0.29) is 0 Å². The standard InChI is InChI=1S/C9H17N/c1-7(2)8-3-5-9(10)6-4-8/h3,7,9H,4-6,10H2,1-2H3. The number of rotatable bonds is 1. The number of hydrogen-bond acceptors (Lipinski definition) is 1. The topological polar surface area (TPSA) is 26.0 Å². The Hall–Kier alpha value is -0.300. The molecule has 0 amide bonds. The summed E-state index contributed by atoms with van der Waals surface area (Å²) in [5, 5.41) is 0. The van der Waals surface area contributed by atoms with Crippen LogP contribution in [0.1, 0.15) is 33.1 Å². The van der Waals surface area contributed by atoms with Gasteiger partial charge in [0.25, 0.3) is 0 Å². The van der Waals surface area contributed by atoms with Gasteiger partial charge in [0.2, 0.25) is 0 Å². The van der Waals surface area contributed by atoms with Crippen molar-refractivity contribution >= 4 is 0 Å². The van der Waals surface area contributed by atoms with Crippen LogP contribution in [0.3, 0.4) is 0 Å². The van der Waals surface area contributed by atoms with Crippen LogP contribution < -0.4 is 5.73 Å². The molecule has 58 valence electrons. The second-order valence-electron chi connectivity index (χ2n) is 3.47. The Balaban J connectivity index is 2.48. The molecule has 0 radical (unpaired) electrons. The van der Waals surface area contributed by atoms with E-state index in [2.05, 4.69) is 19.9 Å². The highest BCUT2D eigenvalue weighted by Gasteiger charge is 2.11. The molecule has 1 nitrogen and oxygen atoms in total. The van der Waals surface area contributed by atoms with Gasteiger partial charge in [-0.3, -0.25) is 0 Å². The van der Waals surface area contributed by atoms with Crippen LogP contribution in [0.4, 0.5) is 0 Å². The molecule has 0 saturated carbocycles. The number of nitrogens with two attached hydrogens (primary N) is 1. The third kappa shape index (κ3) is 1.84. The second kappa shape index (κ2) is 3.20. The van der Waals surface area contributed by atoms with Crippen molar-refractivity contribution < 1.29 is 0 Å². The summed E-state index contributed by atoms with van der Waals surface area (Å²) in [6.45, 7) is 4.51. The van der Waals surface area contributed by atoms with Gasteiger partial charge in [-0.05, 0) is 25.2 Å². The molecule has 0 aromatic rings. The Kier molecular flexibility index (Phi) is 2.50. The predicted octanol–water partition coefficient (Wildman–Crippen LogP) is 2.08. The fraction of sp³-hybridized carbons (Fsp3) is 0.778. The first-order valence-corrected chi connectivity index (χ1v) is 4.14. The van der Waals surface area contributed by atoms with Gasteiger partial charge in [-0.15, -0.1) is 0 Å². The second-order valence-corrected chi connectivity index (χ2v) is 3.47. The Morgan fingerprint density at radius 2 is 2.30 bits per heavy atom. The van der Waals surface area contributed by atoms with E-state index < -0.39 is 0 Å². The molecule has 0 fully saturated rings. The van der Waals surface area contributed by atoms with Gasteiger partial charge < -0.3 is 5.73 Å². The highest BCUT2D eigenvalue weighted by Crippen LogP contribution is 2.22. The SMILES string of the molecule is CC(C)C1=CCC(N)CC1. The molecule has 0 bridgehead atoms. The van der Waals surface area contributed by atoms with Crippen LogP contribution >= 0.6 is 0 Å². The van der Waals surface area contributed by atoms with Crippen molar-refractivity contribution in [3.8, 4) is 0 Å². The summed E-state index contributed by atoms with van der Waals surface area (Å²) >= 11 is 0. The molecule has 1 aliphatic carbocycles. The van der Waals surface area contributed by atoms with E-state index in [1.54, 1.807) is 5.57 Å². The molecule has 0 heterocycles. The lowest BCUT2D eigenvalue weighted by molar-refractivity contribution is 0.552. The first-order chi connectivity index (χ1) is 4.70. The van der Waals surface area contributed by atoms with Gasteiger partial charge >= 0.3 is 0 Å². The van der Waals surface area contributed by atoms with E-state index in [1.165, 1.54) is 12.8 Å². The van der Waals surface area contributed by atoms with Gasteiger partial charge in [-0.1, -0.05) is 25.5 Å². The minimum absolute atomic E-state index is 0.433. The van der Waals surface area contributed by atoms with Crippen LogP contribution in [-0.2, 0) is 0 Å². The molecule has 0 spiro atoms. The predicted molar refractivity (Wildman–Crippen MR) is 44.7 cm³/mol. The lowest BCUT2D eigenvalue weighted by Gasteiger charge is -2.20. The molecule has 1 unspecified atom stereocenters. The smallest absolute Gasteiger partial charge is 0.00765 e. The zero-order chi connectivity index (χ0) is 7.56. The quantitative estimate of drug-likeness (QED) is 0.553. The van der Waals surface area contributed by atoms with Crippen molar-refractivity contribution in [2.75, 3.05) is 0 Å². The van der Waals surface area contributed by atoms with Crippen LogP contribution in [-0.4, -0.2) is 6.04 Å². The fourth-order valence-electron chi connectivity index (χ4n) is 1.40. The normalized spacial score (nSPS) is 26.8. The Bertz CT molecular complexity index is 136. The maximum absolute atomic E-state index is 5.75. The maximum atomic E-state index is 5.75. The van der Waals surface area contributed by atoms with Crippen LogP contribution in [0.2, 0.25) is 0 Å². The molecule has 0 aliphatic heterocycles. The zero-order valence-corrected chi connectivity index (χ0v) is 6.93. The van der Waals surface area contributed by atoms with Crippen LogP contribution in [0, 0.1) is 5.92 Å². The van der Waals surface area contributed by atoms with Gasteiger partial charge in [0, 0.05) is 6.04 Å². The minimum Gasteiger partial charge on any atom is -0.327 e. The Labute approximate surface area is 63.3 Å². The summed E-state index contributed by atoms with van der Waals surface area (Å²) in [6, 6.07) is 0.433. The molecule has 0 aromatic carbocycles. The molecular weight excluding hydrogens is 122 g/mol. The van der Waals surface area contributed by atoms with Crippen LogP contribution in [0.5, 0.6) is 0 Å². The summed E-state index contributed by atoms with van der Waals surface area (Å²) in [7, 11) is 0. The fourth-order valence-corrected chi connectivity index (χ4v) is 1.40. The van der Waals surface area contributed by atoms with Gasteiger partial charge in [-0.25, -0.2) is 0 Å². The van der Waals surface area contributed by atoms with E-state index >= 15 is 0 Å². The van der Waals surface area contributed by atoms with Crippen molar-refractivity contribution in [2.45, 2.75) is 39.2 Å². The molecule has 1 aliphatic rings. The molecule has 2 N–H and O–H groups in total. The van der Waals surface area contributed by atoms with Crippen LogP contribution in [0.25, 0.3) is 0 Å². The van der Waals surface area contributed by atoms with E-state index in [4.69, 9.17) is 5.73 Å². The molecule has 10 heavy (non-hydrogen) atoms. The van der Waals surface area contributed by atoms with Crippen molar-refractivity contribution in [3.63, 3.8) is 0 Å². The molecule has 1 rings (SSSR count). The van der Waals surface area contributed by atoms with E-state index in [9.17, 15) is 0 Å². The largest absolute Gasteiger partial charge is 0.327 e. The summed E-state index contributed by atoms with van der Waals surface area (Å²) in [5.41, 5.74) is 7.35. The molecule has 1 heteroatoms. The molecule has 1 atom stereocenters. The minimum atomic E-state index is 0.433. The van der Waals surface area contributed by atoms with Crippen molar-refractivity contribution in [1.82, 2.24) is 0 Å². The summed E-state index contributed by atoms with van der Waals surface area (Å²) < 4.78 is 0. The lowest BCUT2D eigenvalue weighted by atomic mass is 9.89. The van der Waals surface area contributed by atoms with Gasteiger partial charge in [-0.2, -0.15) is 0 Å². The third-order valence-electron chi connectivity index (χ3n) is 2.23. The summed E-state index contributed by atoms with van der Waals surface area (Å²) in [5.74, 6) is 0.729. The van der Waals surface area contributed by atoms with E-state index in [0.29, 0.717) is 6.04 Å². The highest BCUT2D eigenvalue weighted by molar-refractivity contribution is 5.09. The summed E-state index contributed by atoms with van der Waals surface area (Å²) in [6.07, 6.45) is 5.81. The molecule has 0 aromatic heterocycles. The van der Waals surface area contributed by atoms with Crippen LogP contribution in [0.15, 0.2) is 11.6 Å². The monoisotopic (exact) mass is 139 g/mol. The summed E-state index contributed by atoms with van der Waals surface area (Å²) in [4.78, 5) is 0. The number of hydrogen-bond donors (Lipinski definition) is 1. The highest BCUT2D eigenvalue weighted by atomic mass is 14.6. The maximum Gasteiger partial charge on any atom is 0.00765 e. The van der Waals surface area contributed by atoms with Crippen molar-refractivity contribution in [2.24, 2.45) is 11.7 Å². The average molecular weight is 139 g/mol. The van der Waals surface area contributed by atoms with E-state index in [1.807, 2.05) is 0 Å². The lowest BCUT2D eigenvalue weighted by Crippen LogP contribution is -2.22. The average Bonchev–Trinajstić information content (AvgIpc) is 1.88. The first kappa shape index (κ1) is 7.80. The number of allylic oxidation sites excluding steroid dienone is 1. The van der Waals surface area contributed by atoms with Crippen molar-refractivity contribution in [1.29, 1.82) is 0 Å². The van der Waals surface area contributed by atoms with Gasteiger partial charge in [0.05, 0.1) is 0 Å².